The van der Waals surface area contributed by atoms with Crippen LogP contribution in [-0.2, 0) is 14.3 Å². The number of rotatable bonds is 4. The number of fused-ring (bicyclic) bond motifs is 1. The SMILES string of the molecule is C[C@@H](OC(=O)C1=Cc2ccccc2OC1)C(=O)N[C@@H]1CCCC[C@@H]1C. The van der Waals surface area contributed by atoms with Crippen LogP contribution in [0.15, 0.2) is 29.8 Å². The summed E-state index contributed by atoms with van der Waals surface area (Å²) in [6.45, 7) is 3.92. The number of carbonyl (C=O) groups is 2. The fourth-order valence-corrected chi connectivity index (χ4v) is 3.35. The van der Waals surface area contributed by atoms with Crippen molar-refractivity contribution in [1.82, 2.24) is 5.32 Å². The van der Waals surface area contributed by atoms with Gasteiger partial charge in [-0.2, -0.15) is 0 Å². The summed E-state index contributed by atoms with van der Waals surface area (Å²) >= 11 is 0. The summed E-state index contributed by atoms with van der Waals surface area (Å²) in [5, 5.41) is 3.03. The van der Waals surface area contributed by atoms with Gasteiger partial charge in [0.1, 0.15) is 12.4 Å². The Balaban J connectivity index is 1.57. The highest BCUT2D eigenvalue weighted by Gasteiger charge is 2.27. The summed E-state index contributed by atoms with van der Waals surface area (Å²) in [6, 6.07) is 7.67. The molecule has 1 aromatic rings. The van der Waals surface area contributed by atoms with Gasteiger partial charge >= 0.3 is 5.97 Å². The van der Waals surface area contributed by atoms with Crippen molar-refractivity contribution in [2.24, 2.45) is 5.92 Å². The van der Waals surface area contributed by atoms with Crippen LogP contribution < -0.4 is 10.1 Å². The first-order valence-corrected chi connectivity index (χ1v) is 8.98. The van der Waals surface area contributed by atoms with Gasteiger partial charge in [-0.1, -0.05) is 38.0 Å². The minimum absolute atomic E-state index is 0.157. The van der Waals surface area contributed by atoms with Crippen LogP contribution in [0.3, 0.4) is 0 Å². The molecule has 1 aromatic carbocycles. The Bertz CT molecular complexity index is 682. The zero-order valence-corrected chi connectivity index (χ0v) is 14.8. The summed E-state index contributed by atoms with van der Waals surface area (Å²) in [5.74, 6) is 0.473. The molecular weight excluding hydrogens is 318 g/mol. The number of benzene rings is 1. The Morgan fingerprint density at radius 1 is 1.24 bits per heavy atom. The molecule has 1 fully saturated rings. The number of nitrogens with one attached hydrogen (secondary N) is 1. The maximum Gasteiger partial charge on any atom is 0.338 e. The van der Waals surface area contributed by atoms with Crippen LogP contribution in [0.25, 0.3) is 6.08 Å². The first kappa shape index (κ1) is 17.5. The number of hydrogen-bond donors (Lipinski definition) is 1. The lowest BCUT2D eigenvalue weighted by molar-refractivity contribution is -0.151. The third-order valence-electron chi connectivity index (χ3n) is 4.99. The fraction of sp³-hybridized carbons (Fsp3) is 0.500. The fourth-order valence-electron chi connectivity index (χ4n) is 3.35. The average molecular weight is 343 g/mol. The van der Waals surface area contributed by atoms with Crippen molar-refractivity contribution in [2.75, 3.05) is 6.61 Å². The first-order chi connectivity index (χ1) is 12.0. The van der Waals surface area contributed by atoms with Crippen molar-refractivity contribution >= 4 is 18.0 Å². The van der Waals surface area contributed by atoms with Crippen molar-refractivity contribution in [3.63, 3.8) is 0 Å². The Kier molecular flexibility index (Phi) is 5.41. The van der Waals surface area contributed by atoms with Crippen molar-refractivity contribution in [2.45, 2.75) is 51.7 Å². The average Bonchev–Trinajstić information content (AvgIpc) is 2.63. The zero-order chi connectivity index (χ0) is 17.8. The van der Waals surface area contributed by atoms with E-state index in [0.717, 1.165) is 30.6 Å². The van der Waals surface area contributed by atoms with Crippen LogP contribution in [-0.4, -0.2) is 30.6 Å². The monoisotopic (exact) mass is 343 g/mol. The molecule has 1 aliphatic heterocycles. The molecule has 2 aliphatic rings. The van der Waals surface area contributed by atoms with Gasteiger partial charge in [0, 0.05) is 11.6 Å². The molecule has 5 heteroatoms. The van der Waals surface area contributed by atoms with E-state index in [1.807, 2.05) is 24.3 Å². The van der Waals surface area contributed by atoms with Crippen molar-refractivity contribution in [3.05, 3.63) is 35.4 Å². The van der Waals surface area contributed by atoms with E-state index >= 15 is 0 Å². The number of para-hydroxylation sites is 1. The first-order valence-electron chi connectivity index (χ1n) is 8.98. The highest BCUT2D eigenvalue weighted by atomic mass is 16.6. The number of amides is 1. The Morgan fingerprint density at radius 2 is 2.00 bits per heavy atom. The number of esters is 1. The summed E-state index contributed by atoms with van der Waals surface area (Å²) in [5.41, 5.74) is 1.26. The number of ether oxygens (including phenoxy) is 2. The molecule has 0 unspecified atom stereocenters. The van der Waals surface area contributed by atoms with E-state index in [0.29, 0.717) is 11.5 Å². The summed E-state index contributed by atoms with van der Waals surface area (Å²) in [6.07, 6.45) is 5.40. The number of carbonyl (C=O) groups excluding carboxylic acids is 2. The summed E-state index contributed by atoms with van der Waals surface area (Å²) in [4.78, 5) is 24.7. The third-order valence-corrected chi connectivity index (χ3v) is 4.99. The summed E-state index contributed by atoms with van der Waals surface area (Å²) < 4.78 is 10.9. The number of hydrogen-bond acceptors (Lipinski definition) is 4. The molecule has 0 aromatic heterocycles. The Hall–Kier alpha value is -2.30. The normalized spacial score (nSPS) is 23.5. The molecule has 1 N–H and O–H groups in total. The van der Waals surface area contributed by atoms with E-state index in [1.165, 1.54) is 6.42 Å². The van der Waals surface area contributed by atoms with Gasteiger partial charge in [0.2, 0.25) is 0 Å². The van der Waals surface area contributed by atoms with Crippen LogP contribution in [0.4, 0.5) is 0 Å². The highest BCUT2D eigenvalue weighted by molar-refractivity contribution is 5.96. The molecule has 1 amide bonds. The minimum atomic E-state index is -0.820. The van der Waals surface area contributed by atoms with Gasteiger partial charge in [0.15, 0.2) is 6.10 Å². The lowest BCUT2D eigenvalue weighted by Gasteiger charge is -2.30. The van der Waals surface area contributed by atoms with Gasteiger partial charge in [-0.15, -0.1) is 0 Å². The molecule has 0 radical (unpaired) electrons. The van der Waals surface area contributed by atoms with Gasteiger partial charge in [-0.3, -0.25) is 4.79 Å². The van der Waals surface area contributed by atoms with E-state index in [9.17, 15) is 9.59 Å². The third kappa shape index (κ3) is 4.21. The van der Waals surface area contributed by atoms with Crippen LogP contribution in [0.5, 0.6) is 5.75 Å². The van der Waals surface area contributed by atoms with Gasteiger partial charge in [0.05, 0.1) is 5.57 Å². The quantitative estimate of drug-likeness (QED) is 0.853. The van der Waals surface area contributed by atoms with Crippen LogP contribution in [0.2, 0.25) is 0 Å². The van der Waals surface area contributed by atoms with Crippen LogP contribution >= 0.6 is 0 Å². The molecule has 0 saturated heterocycles. The maximum atomic E-state index is 12.3. The maximum absolute atomic E-state index is 12.3. The predicted octanol–water partition coefficient (Wildman–Crippen LogP) is 3.09. The topological polar surface area (TPSA) is 64.6 Å². The second kappa shape index (κ2) is 7.72. The largest absolute Gasteiger partial charge is 0.488 e. The van der Waals surface area contributed by atoms with Crippen LogP contribution in [0.1, 0.15) is 45.1 Å². The molecule has 1 saturated carbocycles. The molecule has 1 aliphatic carbocycles. The molecule has 0 bridgehead atoms. The van der Waals surface area contributed by atoms with Gasteiger partial charge in [-0.25, -0.2) is 4.79 Å². The van der Waals surface area contributed by atoms with Crippen molar-refractivity contribution < 1.29 is 19.1 Å². The molecule has 5 nitrogen and oxygen atoms in total. The summed E-state index contributed by atoms with van der Waals surface area (Å²) in [7, 11) is 0. The van der Waals surface area contributed by atoms with Gasteiger partial charge in [0.25, 0.3) is 5.91 Å². The molecule has 25 heavy (non-hydrogen) atoms. The Morgan fingerprint density at radius 3 is 2.80 bits per heavy atom. The molecule has 3 rings (SSSR count). The highest BCUT2D eigenvalue weighted by Crippen LogP contribution is 2.26. The molecule has 3 atom stereocenters. The molecule has 0 spiro atoms. The van der Waals surface area contributed by atoms with Crippen LogP contribution in [0, 0.1) is 5.92 Å². The van der Waals surface area contributed by atoms with E-state index in [-0.39, 0.29) is 18.6 Å². The van der Waals surface area contributed by atoms with Gasteiger partial charge < -0.3 is 14.8 Å². The second-order valence-electron chi connectivity index (χ2n) is 6.92. The lowest BCUT2D eigenvalue weighted by atomic mass is 9.86. The minimum Gasteiger partial charge on any atom is -0.488 e. The van der Waals surface area contributed by atoms with Crippen molar-refractivity contribution in [3.8, 4) is 5.75 Å². The Labute approximate surface area is 148 Å². The molecular formula is C20H25NO4. The van der Waals surface area contributed by atoms with E-state index in [1.54, 1.807) is 13.0 Å². The zero-order valence-electron chi connectivity index (χ0n) is 14.8. The lowest BCUT2D eigenvalue weighted by Crippen LogP contribution is -2.46. The smallest absolute Gasteiger partial charge is 0.338 e. The standard InChI is InChI=1S/C20H25NO4/c1-13-7-3-5-9-17(13)21-19(22)14(2)25-20(23)16-11-15-8-4-6-10-18(15)24-12-16/h4,6,8,10-11,13-14,17H,3,5,7,9,12H2,1-2H3,(H,21,22)/t13-,14+,17+/m0/s1. The molecule has 134 valence electrons. The van der Waals surface area contributed by atoms with Gasteiger partial charge in [-0.05, 0) is 37.8 Å². The van der Waals surface area contributed by atoms with E-state index in [4.69, 9.17) is 9.47 Å². The van der Waals surface area contributed by atoms with Crippen molar-refractivity contribution in [1.29, 1.82) is 0 Å². The van der Waals surface area contributed by atoms with E-state index in [2.05, 4.69) is 12.2 Å². The molecule has 1 heterocycles. The second-order valence-corrected chi connectivity index (χ2v) is 6.92. The van der Waals surface area contributed by atoms with E-state index < -0.39 is 12.1 Å². The predicted molar refractivity (Wildman–Crippen MR) is 95.0 cm³/mol.